The van der Waals surface area contributed by atoms with Gasteiger partial charge in [0.15, 0.2) is 0 Å². The van der Waals surface area contributed by atoms with Crippen LogP contribution in [0.5, 0.6) is 0 Å². The molecular formula is C13H18ClF3N2O2S. The minimum absolute atomic E-state index is 0.00890. The molecule has 0 aliphatic heterocycles. The largest absolute Gasteiger partial charge is 0.417 e. The third-order valence-electron chi connectivity index (χ3n) is 3.05. The molecule has 1 aromatic carbocycles. The Morgan fingerprint density at radius 3 is 2.50 bits per heavy atom. The van der Waals surface area contributed by atoms with Gasteiger partial charge >= 0.3 is 6.18 Å². The van der Waals surface area contributed by atoms with E-state index in [1.54, 1.807) is 0 Å². The van der Waals surface area contributed by atoms with Crippen LogP contribution in [0.4, 0.5) is 13.2 Å². The van der Waals surface area contributed by atoms with E-state index in [1.807, 2.05) is 6.92 Å². The monoisotopic (exact) mass is 358 g/mol. The molecule has 0 radical (unpaired) electrons. The van der Waals surface area contributed by atoms with Crippen molar-refractivity contribution in [1.82, 2.24) is 4.72 Å². The summed E-state index contributed by atoms with van der Waals surface area (Å²) >= 11 is 5.70. The number of alkyl halides is 3. The van der Waals surface area contributed by atoms with Crippen molar-refractivity contribution in [2.24, 2.45) is 5.73 Å². The van der Waals surface area contributed by atoms with Gasteiger partial charge in [0, 0.05) is 12.6 Å². The molecule has 0 saturated heterocycles. The first-order valence-corrected chi connectivity index (χ1v) is 8.57. The van der Waals surface area contributed by atoms with E-state index < -0.39 is 37.7 Å². The molecule has 0 fully saturated rings. The normalized spacial score (nSPS) is 14.1. The van der Waals surface area contributed by atoms with E-state index in [0.29, 0.717) is 18.9 Å². The maximum absolute atomic E-state index is 13.0. The molecule has 0 aliphatic rings. The molecule has 0 aromatic heterocycles. The molecule has 0 amide bonds. The van der Waals surface area contributed by atoms with Crippen LogP contribution in [0, 0.1) is 0 Å². The Hall–Kier alpha value is -0.830. The molecule has 3 N–H and O–H groups in total. The molecule has 0 spiro atoms. The lowest BCUT2D eigenvalue weighted by molar-refractivity contribution is -0.139. The Morgan fingerprint density at radius 2 is 2.00 bits per heavy atom. The first-order valence-electron chi connectivity index (χ1n) is 6.71. The van der Waals surface area contributed by atoms with Crippen LogP contribution >= 0.6 is 11.6 Å². The Kier molecular flexibility index (Phi) is 6.66. The van der Waals surface area contributed by atoms with E-state index in [-0.39, 0.29) is 6.54 Å². The van der Waals surface area contributed by atoms with Gasteiger partial charge in [-0.25, -0.2) is 13.1 Å². The first-order chi connectivity index (χ1) is 10.1. The summed E-state index contributed by atoms with van der Waals surface area (Å²) in [7, 11) is -4.43. The van der Waals surface area contributed by atoms with Crippen molar-refractivity contribution >= 4 is 21.6 Å². The van der Waals surface area contributed by atoms with Gasteiger partial charge in [-0.05, 0) is 18.6 Å². The van der Waals surface area contributed by atoms with E-state index in [4.69, 9.17) is 17.3 Å². The topological polar surface area (TPSA) is 72.2 Å². The third kappa shape index (κ3) is 4.84. The fourth-order valence-corrected chi connectivity index (χ4v) is 4.01. The zero-order valence-electron chi connectivity index (χ0n) is 12.0. The van der Waals surface area contributed by atoms with Crippen molar-refractivity contribution in [2.45, 2.75) is 43.3 Å². The average Bonchev–Trinajstić information content (AvgIpc) is 2.41. The van der Waals surface area contributed by atoms with Gasteiger partial charge in [0.1, 0.15) is 4.90 Å². The van der Waals surface area contributed by atoms with Crippen LogP contribution in [0.15, 0.2) is 23.1 Å². The van der Waals surface area contributed by atoms with E-state index in [2.05, 4.69) is 4.72 Å². The average molecular weight is 359 g/mol. The van der Waals surface area contributed by atoms with Crippen LogP contribution in [0.1, 0.15) is 31.7 Å². The lowest BCUT2D eigenvalue weighted by atomic mass is 10.1. The van der Waals surface area contributed by atoms with E-state index in [9.17, 15) is 21.6 Å². The van der Waals surface area contributed by atoms with Crippen LogP contribution in [0.2, 0.25) is 5.02 Å². The minimum atomic E-state index is -4.82. The minimum Gasteiger partial charge on any atom is -0.329 e. The predicted molar refractivity (Wildman–Crippen MR) is 79.1 cm³/mol. The highest BCUT2D eigenvalue weighted by Gasteiger charge is 2.38. The van der Waals surface area contributed by atoms with Crippen molar-refractivity contribution in [3.8, 4) is 0 Å². The summed E-state index contributed by atoms with van der Waals surface area (Å²) in [6, 6.07) is 2.21. The number of rotatable bonds is 7. The van der Waals surface area contributed by atoms with E-state index >= 15 is 0 Å². The van der Waals surface area contributed by atoms with Crippen molar-refractivity contribution in [3.05, 3.63) is 28.8 Å². The number of unbranched alkanes of at least 4 members (excludes halogenated alkanes) is 1. The Bertz CT molecular complexity index is 606. The Balaban J connectivity index is 3.23. The summed E-state index contributed by atoms with van der Waals surface area (Å²) in [5.41, 5.74) is 4.19. The van der Waals surface area contributed by atoms with Crippen molar-refractivity contribution < 1.29 is 21.6 Å². The molecule has 1 aromatic rings. The molecule has 9 heteroatoms. The predicted octanol–water partition coefficient (Wildman–Crippen LogP) is 3.15. The lowest BCUT2D eigenvalue weighted by Crippen LogP contribution is -2.40. The third-order valence-corrected chi connectivity index (χ3v) is 5.10. The second-order valence-electron chi connectivity index (χ2n) is 4.81. The number of hydrogen-bond donors (Lipinski definition) is 2. The fraction of sp³-hybridized carbons (Fsp3) is 0.538. The van der Waals surface area contributed by atoms with Crippen LogP contribution in [0.25, 0.3) is 0 Å². The number of nitrogens with one attached hydrogen (secondary N) is 1. The highest BCUT2D eigenvalue weighted by atomic mass is 35.5. The molecule has 0 heterocycles. The van der Waals surface area contributed by atoms with Crippen LogP contribution in [-0.2, 0) is 16.2 Å². The second kappa shape index (κ2) is 7.63. The van der Waals surface area contributed by atoms with Crippen LogP contribution in [-0.4, -0.2) is 21.0 Å². The molecule has 126 valence electrons. The smallest absolute Gasteiger partial charge is 0.329 e. The molecule has 1 unspecified atom stereocenters. The van der Waals surface area contributed by atoms with E-state index in [1.165, 1.54) is 0 Å². The van der Waals surface area contributed by atoms with Gasteiger partial charge in [0.05, 0.1) is 10.6 Å². The summed E-state index contributed by atoms with van der Waals surface area (Å²) in [6.45, 7) is 1.91. The molecule has 0 saturated carbocycles. The molecule has 1 atom stereocenters. The Labute approximate surface area is 132 Å². The van der Waals surface area contributed by atoms with Gasteiger partial charge in [-0.2, -0.15) is 13.2 Å². The number of hydrogen-bond acceptors (Lipinski definition) is 3. The van der Waals surface area contributed by atoms with Gasteiger partial charge in [0.2, 0.25) is 10.0 Å². The lowest BCUT2D eigenvalue weighted by Gasteiger charge is -2.19. The number of nitrogens with two attached hydrogens (primary N) is 1. The maximum atomic E-state index is 13.0. The summed E-state index contributed by atoms with van der Waals surface area (Å²) in [4.78, 5) is -0.959. The molecule has 22 heavy (non-hydrogen) atoms. The highest BCUT2D eigenvalue weighted by Crippen LogP contribution is 2.37. The van der Waals surface area contributed by atoms with E-state index in [0.717, 1.165) is 18.6 Å². The molecule has 0 bridgehead atoms. The van der Waals surface area contributed by atoms with Gasteiger partial charge in [-0.3, -0.25) is 0 Å². The van der Waals surface area contributed by atoms with Crippen LogP contribution < -0.4 is 10.5 Å². The van der Waals surface area contributed by atoms with Crippen molar-refractivity contribution in [1.29, 1.82) is 0 Å². The number of halogens is 4. The first kappa shape index (κ1) is 19.2. The maximum Gasteiger partial charge on any atom is 0.417 e. The van der Waals surface area contributed by atoms with Crippen molar-refractivity contribution in [3.63, 3.8) is 0 Å². The highest BCUT2D eigenvalue weighted by molar-refractivity contribution is 7.89. The van der Waals surface area contributed by atoms with Gasteiger partial charge in [-0.15, -0.1) is 0 Å². The fourth-order valence-electron chi connectivity index (χ4n) is 1.96. The van der Waals surface area contributed by atoms with Crippen LogP contribution in [0.3, 0.4) is 0 Å². The number of sulfonamides is 1. The standard InChI is InChI=1S/C13H18ClF3N2O2S/c1-2-3-5-9(8-18)19-22(20,21)12-10(13(15,16)17)6-4-7-11(12)14/h4,6-7,9,19H,2-3,5,8,18H2,1H3. The summed E-state index contributed by atoms with van der Waals surface area (Å²) in [6.07, 6.45) is -2.86. The molecule has 0 aliphatic carbocycles. The zero-order chi connectivity index (χ0) is 17.0. The second-order valence-corrected chi connectivity index (χ2v) is 6.87. The van der Waals surface area contributed by atoms with Gasteiger partial charge in [-0.1, -0.05) is 37.4 Å². The van der Waals surface area contributed by atoms with Gasteiger partial charge in [0.25, 0.3) is 0 Å². The number of benzene rings is 1. The summed E-state index contributed by atoms with van der Waals surface area (Å²) in [5, 5.41) is -0.478. The zero-order valence-corrected chi connectivity index (χ0v) is 13.5. The summed E-state index contributed by atoms with van der Waals surface area (Å²) < 4.78 is 65.8. The Morgan fingerprint density at radius 1 is 1.36 bits per heavy atom. The molecule has 4 nitrogen and oxygen atoms in total. The molecule has 1 rings (SSSR count). The quantitative estimate of drug-likeness (QED) is 0.786. The SMILES string of the molecule is CCCCC(CN)NS(=O)(=O)c1c(Cl)cccc1C(F)(F)F. The molecular weight excluding hydrogens is 341 g/mol. The van der Waals surface area contributed by atoms with Crippen molar-refractivity contribution in [2.75, 3.05) is 6.54 Å². The van der Waals surface area contributed by atoms with Gasteiger partial charge < -0.3 is 5.73 Å². The summed E-state index contributed by atoms with van der Waals surface area (Å²) in [5.74, 6) is 0.